The van der Waals surface area contributed by atoms with Gasteiger partial charge in [0.2, 0.25) is 0 Å². The monoisotopic (exact) mass is 219 g/mol. The molecular formula is C13H17NO2. The molecular weight excluding hydrogens is 202 g/mol. The SMILES string of the molecule is CCC1CC1NCc1cccc(C(=O)O)c1. The van der Waals surface area contributed by atoms with Crippen molar-refractivity contribution in [2.75, 3.05) is 0 Å². The Morgan fingerprint density at radius 3 is 3.00 bits per heavy atom. The van der Waals surface area contributed by atoms with Gasteiger partial charge in [0.25, 0.3) is 0 Å². The minimum atomic E-state index is -0.861. The fourth-order valence-electron chi connectivity index (χ4n) is 2.01. The third kappa shape index (κ3) is 2.61. The van der Waals surface area contributed by atoms with E-state index in [4.69, 9.17) is 5.11 Å². The molecule has 2 unspecified atom stereocenters. The maximum atomic E-state index is 10.8. The van der Waals surface area contributed by atoms with Crippen LogP contribution in [0.1, 0.15) is 35.7 Å². The van der Waals surface area contributed by atoms with E-state index < -0.39 is 5.97 Å². The molecule has 0 bridgehead atoms. The van der Waals surface area contributed by atoms with Crippen LogP contribution < -0.4 is 5.32 Å². The number of carboxylic acids is 1. The molecule has 2 rings (SSSR count). The van der Waals surface area contributed by atoms with E-state index in [2.05, 4.69) is 12.2 Å². The third-order valence-corrected chi connectivity index (χ3v) is 3.19. The van der Waals surface area contributed by atoms with Gasteiger partial charge in [-0.25, -0.2) is 4.79 Å². The van der Waals surface area contributed by atoms with Crippen molar-refractivity contribution in [1.82, 2.24) is 5.32 Å². The summed E-state index contributed by atoms with van der Waals surface area (Å²) in [5.74, 6) is -0.0395. The summed E-state index contributed by atoms with van der Waals surface area (Å²) >= 11 is 0. The highest BCUT2D eigenvalue weighted by molar-refractivity contribution is 5.87. The van der Waals surface area contributed by atoms with Gasteiger partial charge in [-0.05, 0) is 30.0 Å². The Bertz CT molecular complexity index is 389. The first-order chi connectivity index (χ1) is 7.70. The van der Waals surface area contributed by atoms with Crippen LogP contribution >= 0.6 is 0 Å². The molecule has 2 atom stereocenters. The van der Waals surface area contributed by atoms with Gasteiger partial charge in [-0.1, -0.05) is 25.5 Å². The number of rotatable bonds is 5. The number of benzene rings is 1. The van der Waals surface area contributed by atoms with E-state index in [0.29, 0.717) is 11.6 Å². The lowest BCUT2D eigenvalue weighted by atomic mass is 10.1. The molecule has 0 aliphatic heterocycles. The second kappa shape index (κ2) is 4.66. The summed E-state index contributed by atoms with van der Waals surface area (Å²) in [4.78, 5) is 10.8. The smallest absolute Gasteiger partial charge is 0.335 e. The highest BCUT2D eigenvalue weighted by Crippen LogP contribution is 2.33. The van der Waals surface area contributed by atoms with Gasteiger partial charge in [-0.15, -0.1) is 0 Å². The van der Waals surface area contributed by atoms with E-state index in [9.17, 15) is 4.79 Å². The van der Waals surface area contributed by atoms with E-state index in [1.54, 1.807) is 18.2 Å². The zero-order valence-corrected chi connectivity index (χ0v) is 9.44. The standard InChI is InChI=1S/C13H17NO2/c1-2-10-7-12(10)14-8-9-4-3-5-11(6-9)13(15)16/h3-6,10,12,14H,2,7-8H2,1H3,(H,15,16). The van der Waals surface area contributed by atoms with Crippen LogP contribution in [0.25, 0.3) is 0 Å². The van der Waals surface area contributed by atoms with Crippen LogP contribution in [0, 0.1) is 5.92 Å². The van der Waals surface area contributed by atoms with Gasteiger partial charge >= 0.3 is 5.97 Å². The Morgan fingerprint density at radius 1 is 1.56 bits per heavy atom. The summed E-state index contributed by atoms with van der Waals surface area (Å²) in [6, 6.07) is 7.75. The first-order valence-electron chi connectivity index (χ1n) is 5.76. The van der Waals surface area contributed by atoms with Crippen LogP contribution in [0.15, 0.2) is 24.3 Å². The fraction of sp³-hybridized carbons (Fsp3) is 0.462. The van der Waals surface area contributed by atoms with Gasteiger partial charge in [0.15, 0.2) is 0 Å². The van der Waals surface area contributed by atoms with Gasteiger partial charge < -0.3 is 10.4 Å². The highest BCUT2D eigenvalue weighted by atomic mass is 16.4. The molecule has 1 aromatic carbocycles. The van der Waals surface area contributed by atoms with E-state index in [1.807, 2.05) is 6.07 Å². The van der Waals surface area contributed by atoms with Gasteiger partial charge in [0.05, 0.1) is 5.56 Å². The maximum Gasteiger partial charge on any atom is 0.335 e. The summed E-state index contributed by atoms with van der Waals surface area (Å²) < 4.78 is 0. The van der Waals surface area contributed by atoms with Crippen molar-refractivity contribution in [3.63, 3.8) is 0 Å². The molecule has 0 aromatic heterocycles. The largest absolute Gasteiger partial charge is 0.478 e. The van der Waals surface area contributed by atoms with Crippen molar-refractivity contribution >= 4 is 5.97 Å². The zero-order valence-electron chi connectivity index (χ0n) is 9.44. The predicted molar refractivity (Wildman–Crippen MR) is 62.4 cm³/mol. The average molecular weight is 219 g/mol. The highest BCUT2D eigenvalue weighted by Gasteiger charge is 2.34. The number of hydrogen-bond acceptors (Lipinski definition) is 2. The molecule has 0 radical (unpaired) electrons. The molecule has 86 valence electrons. The second-order valence-corrected chi connectivity index (χ2v) is 4.40. The third-order valence-electron chi connectivity index (χ3n) is 3.19. The van der Waals surface area contributed by atoms with E-state index in [0.717, 1.165) is 18.0 Å². The summed E-state index contributed by atoms with van der Waals surface area (Å²) in [7, 11) is 0. The van der Waals surface area contributed by atoms with Crippen molar-refractivity contribution in [2.24, 2.45) is 5.92 Å². The Kier molecular flexibility index (Phi) is 3.25. The molecule has 1 fully saturated rings. The van der Waals surface area contributed by atoms with E-state index >= 15 is 0 Å². The minimum absolute atomic E-state index is 0.363. The molecule has 16 heavy (non-hydrogen) atoms. The molecule has 1 aliphatic rings. The number of carboxylic acid groups (broad SMARTS) is 1. The van der Waals surface area contributed by atoms with Crippen molar-refractivity contribution in [3.05, 3.63) is 35.4 Å². The van der Waals surface area contributed by atoms with Crippen molar-refractivity contribution < 1.29 is 9.90 Å². The molecule has 0 saturated heterocycles. The Balaban J connectivity index is 1.89. The molecule has 0 amide bonds. The van der Waals surface area contributed by atoms with E-state index in [1.165, 1.54) is 12.8 Å². The zero-order chi connectivity index (χ0) is 11.5. The number of carbonyl (C=O) groups is 1. The summed E-state index contributed by atoms with van der Waals surface area (Å²) in [6.07, 6.45) is 2.49. The van der Waals surface area contributed by atoms with Gasteiger partial charge in [-0.3, -0.25) is 0 Å². The van der Waals surface area contributed by atoms with Crippen LogP contribution in [0.2, 0.25) is 0 Å². The van der Waals surface area contributed by atoms with Crippen LogP contribution in [-0.4, -0.2) is 17.1 Å². The molecule has 1 aliphatic carbocycles. The van der Waals surface area contributed by atoms with Gasteiger partial charge in [-0.2, -0.15) is 0 Å². The first-order valence-corrected chi connectivity index (χ1v) is 5.76. The topological polar surface area (TPSA) is 49.3 Å². The molecule has 2 N–H and O–H groups in total. The number of hydrogen-bond donors (Lipinski definition) is 2. The van der Waals surface area contributed by atoms with Gasteiger partial charge in [0, 0.05) is 12.6 Å². The summed E-state index contributed by atoms with van der Waals surface area (Å²) in [5.41, 5.74) is 1.41. The maximum absolute atomic E-state index is 10.8. The first kappa shape index (κ1) is 11.1. The molecule has 0 spiro atoms. The normalized spacial score (nSPS) is 23.1. The Hall–Kier alpha value is -1.35. The molecule has 3 heteroatoms. The lowest BCUT2D eigenvalue weighted by Crippen LogP contribution is -2.17. The number of nitrogens with one attached hydrogen (secondary N) is 1. The second-order valence-electron chi connectivity index (χ2n) is 4.40. The van der Waals surface area contributed by atoms with Crippen molar-refractivity contribution in [1.29, 1.82) is 0 Å². The average Bonchev–Trinajstić information content (AvgIpc) is 3.05. The Morgan fingerprint density at radius 2 is 2.38 bits per heavy atom. The molecule has 1 saturated carbocycles. The predicted octanol–water partition coefficient (Wildman–Crippen LogP) is 2.27. The quantitative estimate of drug-likeness (QED) is 0.798. The Labute approximate surface area is 95.5 Å². The summed E-state index contributed by atoms with van der Waals surface area (Å²) in [5, 5.41) is 12.3. The van der Waals surface area contributed by atoms with Crippen LogP contribution in [0.4, 0.5) is 0 Å². The lowest BCUT2D eigenvalue weighted by molar-refractivity contribution is 0.0697. The van der Waals surface area contributed by atoms with Crippen molar-refractivity contribution in [2.45, 2.75) is 32.4 Å². The fourth-order valence-corrected chi connectivity index (χ4v) is 2.01. The van der Waals surface area contributed by atoms with Crippen LogP contribution in [0.5, 0.6) is 0 Å². The van der Waals surface area contributed by atoms with Crippen molar-refractivity contribution in [3.8, 4) is 0 Å². The molecule has 0 heterocycles. The van der Waals surface area contributed by atoms with E-state index in [-0.39, 0.29) is 0 Å². The number of aromatic carboxylic acids is 1. The lowest BCUT2D eigenvalue weighted by Gasteiger charge is -2.04. The summed E-state index contributed by atoms with van der Waals surface area (Å²) in [6.45, 7) is 2.97. The molecule has 3 nitrogen and oxygen atoms in total. The van der Waals surface area contributed by atoms with Crippen LogP contribution in [0.3, 0.4) is 0 Å². The van der Waals surface area contributed by atoms with Crippen LogP contribution in [-0.2, 0) is 6.54 Å². The van der Waals surface area contributed by atoms with Gasteiger partial charge in [0.1, 0.15) is 0 Å². The molecule has 1 aromatic rings. The minimum Gasteiger partial charge on any atom is -0.478 e.